The lowest BCUT2D eigenvalue weighted by Crippen LogP contribution is -2.15. The average molecular weight is 417 g/mol. The van der Waals surface area contributed by atoms with Crippen LogP contribution in [-0.4, -0.2) is 26.4 Å². The van der Waals surface area contributed by atoms with E-state index in [4.69, 9.17) is 0 Å². The summed E-state index contributed by atoms with van der Waals surface area (Å²) in [7, 11) is 0. The summed E-state index contributed by atoms with van der Waals surface area (Å²) >= 11 is 4.81. The van der Waals surface area contributed by atoms with Gasteiger partial charge in [0, 0.05) is 4.47 Å². The average Bonchev–Trinajstić information content (AvgIpc) is 2.96. The van der Waals surface area contributed by atoms with Crippen molar-refractivity contribution in [2.24, 2.45) is 0 Å². The zero-order chi connectivity index (χ0) is 17.6. The summed E-state index contributed by atoms with van der Waals surface area (Å²) in [5, 5.41) is 12.0. The van der Waals surface area contributed by atoms with Gasteiger partial charge < -0.3 is 9.88 Å². The molecule has 1 aromatic heterocycles. The number of hydrogen-bond acceptors (Lipinski definition) is 4. The fraction of sp³-hybridized carbons (Fsp3) is 0.167. The summed E-state index contributed by atoms with van der Waals surface area (Å²) < 4.78 is 2.88. The van der Waals surface area contributed by atoms with Crippen LogP contribution in [0.3, 0.4) is 0 Å². The lowest BCUT2D eigenvalue weighted by Gasteiger charge is -2.09. The van der Waals surface area contributed by atoms with E-state index in [0.717, 1.165) is 21.1 Å². The molecule has 25 heavy (non-hydrogen) atoms. The van der Waals surface area contributed by atoms with Crippen molar-refractivity contribution in [3.05, 3.63) is 70.5 Å². The highest BCUT2D eigenvalue weighted by atomic mass is 79.9. The number of thioether (sulfide) groups is 1. The number of nitrogens with one attached hydrogen (secondary N) is 1. The Kier molecular flexibility index (Phi) is 5.88. The van der Waals surface area contributed by atoms with Crippen molar-refractivity contribution in [1.29, 1.82) is 0 Å². The molecule has 0 atom stereocenters. The van der Waals surface area contributed by atoms with Gasteiger partial charge in [-0.25, -0.2) is 0 Å². The van der Waals surface area contributed by atoms with Crippen LogP contribution in [0.15, 0.2) is 64.2 Å². The third-order valence-electron chi connectivity index (χ3n) is 3.57. The normalized spacial score (nSPS) is 10.6. The monoisotopic (exact) mass is 416 g/mol. The molecule has 0 fully saturated rings. The minimum absolute atomic E-state index is 0.0798. The lowest BCUT2D eigenvalue weighted by atomic mass is 10.2. The van der Waals surface area contributed by atoms with E-state index in [2.05, 4.69) is 43.6 Å². The second-order valence-electron chi connectivity index (χ2n) is 5.42. The zero-order valence-corrected chi connectivity index (χ0v) is 16.0. The molecule has 0 saturated carbocycles. The van der Waals surface area contributed by atoms with Gasteiger partial charge in [0.1, 0.15) is 5.82 Å². The number of carbonyl (C=O) groups is 1. The maximum atomic E-state index is 12.2. The van der Waals surface area contributed by atoms with Gasteiger partial charge in [0.05, 0.1) is 18.0 Å². The number of amides is 1. The van der Waals surface area contributed by atoms with Crippen LogP contribution >= 0.6 is 27.7 Å². The van der Waals surface area contributed by atoms with E-state index in [1.54, 1.807) is 0 Å². The van der Waals surface area contributed by atoms with Gasteiger partial charge in [-0.1, -0.05) is 54.2 Å². The topological polar surface area (TPSA) is 59.8 Å². The van der Waals surface area contributed by atoms with E-state index in [1.165, 1.54) is 17.3 Å². The highest BCUT2D eigenvalue weighted by molar-refractivity contribution is 9.10. The molecular weight excluding hydrogens is 400 g/mol. The van der Waals surface area contributed by atoms with Gasteiger partial charge in [-0.3, -0.25) is 4.79 Å². The van der Waals surface area contributed by atoms with Gasteiger partial charge in [0.25, 0.3) is 0 Å². The summed E-state index contributed by atoms with van der Waals surface area (Å²) in [6.45, 7) is 2.61. The molecular formula is C18H17BrN4OS. The molecule has 3 rings (SSSR count). The number of nitrogens with zero attached hydrogens (tertiary/aromatic N) is 3. The molecule has 7 heteroatoms. The molecule has 1 amide bonds. The molecule has 1 heterocycles. The van der Waals surface area contributed by atoms with Crippen LogP contribution < -0.4 is 5.32 Å². The van der Waals surface area contributed by atoms with Crippen LogP contribution in [0, 0.1) is 6.92 Å². The highest BCUT2D eigenvalue weighted by Crippen LogP contribution is 2.23. The number of rotatable bonds is 6. The first-order valence-corrected chi connectivity index (χ1v) is 9.52. The van der Waals surface area contributed by atoms with Gasteiger partial charge >= 0.3 is 0 Å². The molecule has 5 nitrogen and oxygen atoms in total. The van der Waals surface area contributed by atoms with Crippen LogP contribution in [0.2, 0.25) is 0 Å². The van der Waals surface area contributed by atoms with Crippen molar-refractivity contribution in [3.63, 3.8) is 0 Å². The van der Waals surface area contributed by atoms with Crippen LogP contribution in [0.5, 0.6) is 0 Å². The minimum atomic E-state index is -0.0798. The smallest absolute Gasteiger partial charge is 0.234 e. The molecule has 0 spiro atoms. The fourth-order valence-corrected chi connectivity index (χ4v) is 3.46. The standard InChI is InChI=1S/C18H17BrN4OS/c1-13-21-22-18(23(13)11-14-7-3-2-4-8-14)25-12-17(24)20-16-10-6-5-9-15(16)19/h2-10H,11-12H2,1H3,(H,20,24). The quantitative estimate of drug-likeness (QED) is 0.613. The van der Waals surface area contributed by atoms with E-state index in [0.29, 0.717) is 6.54 Å². The maximum absolute atomic E-state index is 12.2. The van der Waals surface area contributed by atoms with E-state index in [1.807, 2.05) is 54.0 Å². The molecule has 0 aliphatic rings. The lowest BCUT2D eigenvalue weighted by molar-refractivity contribution is -0.113. The minimum Gasteiger partial charge on any atom is -0.324 e. The first-order chi connectivity index (χ1) is 12.1. The number of para-hydroxylation sites is 1. The molecule has 0 unspecified atom stereocenters. The van der Waals surface area contributed by atoms with E-state index < -0.39 is 0 Å². The Labute approximate surface area is 159 Å². The third-order valence-corrected chi connectivity index (χ3v) is 5.22. The van der Waals surface area contributed by atoms with Gasteiger partial charge in [-0.15, -0.1) is 10.2 Å². The summed E-state index contributed by atoms with van der Waals surface area (Å²) in [6, 6.07) is 17.7. The molecule has 0 saturated heterocycles. The van der Waals surface area contributed by atoms with Crippen LogP contribution in [0.1, 0.15) is 11.4 Å². The summed E-state index contributed by atoms with van der Waals surface area (Å²) in [6.07, 6.45) is 0. The van der Waals surface area contributed by atoms with Crippen molar-refractivity contribution in [2.45, 2.75) is 18.6 Å². The van der Waals surface area contributed by atoms with Crippen LogP contribution in [-0.2, 0) is 11.3 Å². The van der Waals surface area contributed by atoms with Crippen LogP contribution in [0.4, 0.5) is 5.69 Å². The number of carbonyl (C=O) groups excluding carboxylic acids is 1. The molecule has 0 radical (unpaired) electrons. The fourth-order valence-electron chi connectivity index (χ4n) is 2.30. The molecule has 0 aliphatic carbocycles. The Bertz CT molecular complexity index is 867. The Balaban J connectivity index is 1.64. The van der Waals surface area contributed by atoms with E-state index in [9.17, 15) is 4.79 Å². The molecule has 2 aromatic carbocycles. The summed E-state index contributed by atoms with van der Waals surface area (Å²) in [5.74, 6) is 1.02. The van der Waals surface area contributed by atoms with E-state index >= 15 is 0 Å². The Morgan fingerprint density at radius 3 is 2.60 bits per heavy atom. The maximum Gasteiger partial charge on any atom is 0.234 e. The predicted molar refractivity (Wildman–Crippen MR) is 104 cm³/mol. The number of anilines is 1. The summed E-state index contributed by atoms with van der Waals surface area (Å²) in [5.41, 5.74) is 1.93. The largest absolute Gasteiger partial charge is 0.324 e. The molecule has 3 aromatic rings. The molecule has 0 bridgehead atoms. The van der Waals surface area contributed by atoms with Crippen molar-refractivity contribution < 1.29 is 4.79 Å². The van der Waals surface area contributed by atoms with Gasteiger partial charge in [0.2, 0.25) is 5.91 Å². The van der Waals surface area contributed by atoms with Crippen molar-refractivity contribution in [3.8, 4) is 0 Å². The second-order valence-corrected chi connectivity index (χ2v) is 7.22. The predicted octanol–water partition coefficient (Wildman–Crippen LogP) is 4.13. The first kappa shape index (κ1) is 17.7. The number of benzene rings is 2. The molecule has 1 N–H and O–H groups in total. The Hall–Kier alpha value is -2.12. The van der Waals surface area contributed by atoms with Crippen LogP contribution in [0.25, 0.3) is 0 Å². The van der Waals surface area contributed by atoms with Gasteiger partial charge in [-0.2, -0.15) is 0 Å². The second kappa shape index (κ2) is 8.31. The number of hydrogen-bond donors (Lipinski definition) is 1. The van der Waals surface area contributed by atoms with E-state index in [-0.39, 0.29) is 11.7 Å². The molecule has 0 aliphatic heterocycles. The number of aromatic nitrogens is 3. The summed E-state index contributed by atoms with van der Waals surface area (Å²) in [4.78, 5) is 12.2. The number of halogens is 1. The van der Waals surface area contributed by atoms with Gasteiger partial charge in [0.15, 0.2) is 5.16 Å². The third kappa shape index (κ3) is 4.70. The first-order valence-electron chi connectivity index (χ1n) is 7.74. The van der Waals surface area contributed by atoms with Gasteiger partial charge in [-0.05, 0) is 40.5 Å². The Morgan fingerprint density at radius 1 is 1.12 bits per heavy atom. The highest BCUT2D eigenvalue weighted by Gasteiger charge is 2.13. The number of aryl methyl sites for hydroxylation is 1. The Morgan fingerprint density at radius 2 is 1.84 bits per heavy atom. The SMILES string of the molecule is Cc1nnc(SCC(=O)Nc2ccccc2Br)n1Cc1ccccc1. The van der Waals surface area contributed by atoms with Crippen molar-refractivity contribution in [1.82, 2.24) is 14.8 Å². The molecule has 128 valence electrons. The van der Waals surface area contributed by atoms with Crippen molar-refractivity contribution >= 4 is 39.3 Å². The van der Waals surface area contributed by atoms with Crippen molar-refractivity contribution in [2.75, 3.05) is 11.1 Å². The zero-order valence-electron chi connectivity index (χ0n) is 13.6.